The first-order valence-electron chi connectivity index (χ1n) is 5.76. The van der Waals surface area contributed by atoms with Gasteiger partial charge in [0.2, 0.25) is 5.91 Å². The second-order valence-corrected chi connectivity index (χ2v) is 4.43. The Morgan fingerprint density at radius 2 is 1.94 bits per heavy atom. The summed E-state index contributed by atoms with van der Waals surface area (Å²) in [6.07, 6.45) is 0.431. The lowest BCUT2D eigenvalue weighted by Crippen LogP contribution is -2.52. The van der Waals surface area contributed by atoms with E-state index >= 15 is 0 Å². The molecule has 0 fully saturated rings. The van der Waals surface area contributed by atoms with Crippen LogP contribution in [0.1, 0.15) is 31.9 Å². The van der Waals surface area contributed by atoms with Crippen molar-refractivity contribution in [3.05, 3.63) is 35.9 Å². The summed E-state index contributed by atoms with van der Waals surface area (Å²) in [6, 6.07) is 7.45. The maximum absolute atomic E-state index is 11.9. The van der Waals surface area contributed by atoms with E-state index in [0.29, 0.717) is 12.0 Å². The Balaban J connectivity index is 2.90. The van der Waals surface area contributed by atoms with Crippen LogP contribution in [0.5, 0.6) is 0 Å². The highest BCUT2D eigenvalue weighted by molar-refractivity contribution is 5.90. The van der Waals surface area contributed by atoms with Gasteiger partial charge in [-0.15, -0.1) is 0 Å². The minimum atomic E-state index is -1.11. The van der Waals surface area contributed by atoms with Crippen molar-refractivity contribution in [1.29, 1.82) is 0 Å². The van der Waals surface area contributed by atoms with Crippen molar-refractivity contribution >= 4 is 11.9 Å². The van der Waals surface area contributed by atoms with Crippen molar-refractivity contribution in [2.45, 2.75) is 31.8 Å². The van der Waals surface area contributed by atoms with Gasteiger partial charge in [-0.25, -0.2) is 4.79 Å². The van der Waals surface area contributed by atoms with Gasteiger partial charge < -0.3 is 16.2 Å². The van der Waals surface area contributed by atoms with Crippen molar-refractivity contribution in [1.82, 2.24) is 5.32 Å². The highest BCUT2D eigenvalue weighted by atomic mass is 16.4. The highest BCUT2D eigenvalue weighted by Crippen LogP contribution is 2.15. The van der Waals surface area contributed by atoms with Gasteiger partial charge in [0.25, 0.3) is 0 Å². The summed E-state index contributed by atoms with van der Waals surface area (Å²) in [6.45, 7) is 3.35. The van der Waals surface area contributed by atoms with Crippen LogP contribution in [0.3, 0.4) is 0 Å². The summed E-state index contributed by atoms with van der Waals surface area (Å²) in [5, 5.41) is 11.6. The van der Waals surface area contributed by atoms with Gasteiger partial charge in [-0.3, -0.25) is 4.79 Å². The summed E-state index contributed by atoms with van der Waals surface area (Å²) < 4.78 is 0. The molecule has 1 rings (SSSR count). The molecule has 0 saturated heterocycles. The molecule has 1 aromatic rings. The van der Waals surface area contributed by atoms with Crippen molar-refractivity contribution in [2.75, 3.05) is 0 Å². The Morgan fingerprint density at radius 1 is 1.39 bits per heavy atom. The molecule has 98 valence electrons. The van der Waals surface area contributed by atoms with Gasteiger partial charge in [-0.05, 0) is 18.9 Å². The van der Waals surface area contributed by atoms with Crippen LogP contribution in [0.25, 0.3) is 0 Å². The summed E-state index contributed by atoms with van der Waals surface area (Å²) in [4.78, 5) is 23.1. The van der Waals surface area contributed by atoms with Crippen molar-refractivity contribution in [3.63, 3.8) is 0 Å². The number of amides is 1. The van der Waals surface area contributed by atoms with Crippen molar-refractivity contribution in [3.8, 4) is 0 Å². The fraction of sp³-hybridized carbons (Fsp3) is 0.385. The lowest BCUT2D eigenvalue weighted by atomic mass is 9.98. The number of nitrogens with two attached hydrogens (primary N) is 1. The summed E-state index contributed by atoms with van der Waals surface area (Å²) in [5.74, 6) is -1.58. The number of benzene rings is 1. The van der Waals surface area contributed by atoms with Gasteiger partial charge >= 0.3 is 5.97 Å². The van der Waals surface area contributed by atoms with Gasteiger partial charge in [-0.1, -0.05) is 37.3 Å². The molecule has 0 spiro atoms. The van der Waals surface area contributed by atoms with Crippen LogP contribution >= 0.6 is 0 Å². The Kier molecular flexibility index (Phi) is 4.44. The number of hydrogen-bond donors (Lipinski definition) is 3. The Morgan fingerprint density at radius 3 is 2.39 bits per heavy atom. The van der Waals surface area contributed by atoms with Crippen LogP contribution in [0.15, 0.2) is 30.3 Å². The topological polar surface area (TPSA) is 92.4 Å². The molecule has 1 aromatic carbocycles. The van der Waals surface area contributed by atoms with Crippen LogP contribution in [-0.2, 0) is 9.59 Å². The minimum absolute atomic E-state index is 0.431. The molecule has 1 unspecified atom stereocenters. The number of carbonyl (C=O) groups excluding carboxylic acids is 1. The van der Waals surface area contributed by atoms with E-state index in [0.717, 1.165) is 0 Å². The Bertz CT molecular complexity index is 429. The van der Waals surface area contributed by atoms with E-state index in [2.05, 4.69) is 5.32 Å². The molecular formula is C13H18N2O3. The van der Waals surface area contributed by atoms with Gasteiger partial charge in [0.15, 0.2) is 6.04 Å². The zero-order chi connectivity index (χ0) is 13.8. The van der Waals surface area contributed by atoms with E-state index in [1.165, 1.54) is 0 Å². The lowest BCUT2D eigenvalue weighted by Gasteiger charge is -2.24. The number of aliphatic carboxylic acids is 1. The Hall–Kier alpha value is -1.88. The number of carbonyl (C=O) groups is 2. The zero-order valence-electron chi connectivity index (χ0n) is 10.5. The van der Waals surface area contributed by atoms with Crippen LogP contribution in [0, 0.1) is 0 Å². The van der Waals surface area contributed by atoms with E-state index in [1.54, 1.807) is 44.2 Å². The lowest BCUT2D eigenvalue weighted by molar-refractivity contribution is -0.142. The predicted octanol–water partition coefficient (Wildman–Crippen LogP) is 1.06. The maximum Gasteiger partial charge on any atom is 0.330 e. The third-order valence-electron chi connectivity index (χ3n) is 2.91. The molecule has 0 aliphatic heterocycles. The smallest absolute Gasteiger partial charge is 0.330 e. The van der Waals surface area contributed by atoms with Crippen LogP contribution in [-0.4, -0.2) is 22.5 Å². The SMILES string of the molecule is CCC(C)(N)C(=O)N[C@H](C(=O)O)c1ccccc1. The monoisotopic (exact) mass is 250 g/mol. The van der Waals surface area contributed by atoms with E-state index < -0.39 is 23.5 Å². The average molecular weight is 250 g/mol. The summed E-state index contributed by atoms with van der Waals surface area (Å²) in [5.41, 5.74) is 5.23. The Labute approximate surface area is 106 Å². The molecule has 0 aromatic heterocycles. The molecule has 4 N–H and O–H groups in total. The predicted molar refractivity (Wildman–Crippen MR) is 67.8 cm³/mol. The van der Waals surface area contributed by atoms with Crippen LogP contribution in [0.4, 0.5) is 0 Å². The standard InChI is InChI=1S/C13H18N2O3/c1-3-13(2,14)12(18)15-10(11(16)17)9-7-5-4-6-8-9/h4-8,10H,3,14H2,1-2H3,(H,15,18)(H,16,17)/t10-,13?/m0/s1. The third-order valence-corrected chi connectivity index (χ3v) is 2.91. The molecule has 0 heterocycles. The van der Waals surface area contributed by atoms with Crippen molar-refractivity contribution < 1.29 is 14.7 Å². The second kappa shape index (κ2) is 5.64. The number of carboxylic acids is 1. The minimum Gasteiger partial charge on any atom is -0.479 e. The molecule has 0 aliphatic carbocycles. The highest BCUT2D eigenvalue weighted by Gasteiger charge is 2.30. The van der Waals surface area contributed by atoms with Crippen LogP contribution < -0.4 is 11.1 Å². The van der Waals surface area contributed by atoms with E-state index in [1.807, 2.05) is 0 Å². The van der Waals surface area contributed by atoms with E-state index in [-0.39, 0.29) is 0 Å². The van der Waals surface area contributed by atoms with E-state index in [9.17, 15) is 9.59 Å². The molecule has 0 saturated carbocycles. The van der Waals surface area contributed by atoms with Crippen LogP contribution in [0.2, 0.25) is 0 Å². The average Bonchev–Trinajstić information content (AvgIpc) is 2.36. The fourth-order valence-electron chi connectivity index (χ4n) is 1.39. The zero-order valence-corrected chi connectivity index (χ0v) is 10.5. The van der Waals surface area contributed by atoms with Gasteiger partial charge in [0, 0.05) is 0 Å². The molecule has 2 atom stereocenters. The number of rotatable bonds is 5. The molecule has 0 aliphatic rings. The van der Waals surface area contributed by atoms with Crippen molar-refractivity contribution in [2.24, 2.45) is 5.73 Å². The molecule has 0 radical (unpaired) electrons. The normalized spacial score (nSPS) is 15.5. The number of nitrogens with one attached hydrogen (secondary N) is 1. The molecule has 5 nitrogen and oxygen atoms in total. The maximum atomic E-state index is 11.9. The largest absolute Gasteiger partial charge is 0.479 e. The molecule has 0 bridgehead atoms. The quantitative estimate of drug-likeness (QED) is 0.728. The first kappa shape index (κ1) is 14.2. The first-order valence-corrected chi connectivity index (χ1v) is 5.76. The van der Waals surface area contributed by atoms with E-state index in [4.69, 9.17) is 10.8 Å². The number of hydrogen-bond acceptors (Lipinski definition) is 3. The van der Waals surface area contributed by atoms with Gasteiger partial charge in [0.1, 0.15) is 0 Å². The molecule has 1 amide bonds. The summed E-state index contributed by atoms with van der Waals surface area (Å²) in [7, 11) is 0. The fourth-order valence-corrected chi connectivity index (χ4v) is 1.39. The van der Waals surface area contributed by atoms with Gasteiger partial charge in [0.05, 0.1) is 5.54 Å². The summed E-state index contributed by atoms with van der Waals surface area (Å²) >= 11 is 0. The van der Waals surface area contributed by atoms with Gasteiger partial charge in [-0.2, -0.15) is 0 Å². The molecule has 18 heavy (non-hydrogen) atoms. The second-order valence-electron chi connectivity index (χ2n) is 4.43. The molecule has 5 heteroatoms. The first-order chi connectivity index (χ1) is 8.38. The third kappa shape index (κ3) is 3.30. The number of carboxylic acid groups (broad SMARTS) is 1. The molecular weight excluding hydrogens is 232 g/mol.